The predicted octanol–water partition coefficient (Wildman–Crippen LogP) is 3.00. The van der Waals surface area contributed by atoms with Crippen molar-refractivity contribution in [1.82, 2.24) is 15.0 Å². The van der Waals surface area contributed by atoms with Crippen molar-refractivity contribution >= 4 is 10.9 Å². The molecule has 3 rings (SSSR count). The molecule has 82 valence electrons. The van der Waals surface area contributed by atoms with Crippen LogP contribution in [-0.4, -0.2) is 15.0 Å². The van der Waals surface area contributed by atoms with E-state index in [2.05, 4.69) is 27.9 Å². The molecule has 0 aliphatic carbocycles. The maximum Gasteiger partial charge on any atom is 0.0895 e. The van der Waals surface area contributed by atoms with E-state index >= 15 is 0 Å². The Hall–Kier alpha value is -2.29. The average molecular weight is 221 g/mol. The molecule has 0 atom stereocenters. The van der Waals surface area contributed by atoms with Gasteiger partial charge in [0.15, 0.2) is 0 Å². The van der Waals surface area contributed by atoms with Crippen LogP contribution in [0.2, 0.25) is 0 Å². The number of aromatic nitrogens is 3. The van der Waals surface area contributed by atoms with Gasteiger partial charge in [0.25, 0.3) is 0 Å². The van der Waals surface area contributed by atoms with Gasteiger partial charge in [0, 0.05) is 29.5 Å². The summed E-state index contributed by atoms with van der Waals surface area (Å²) in [7, 11) is 0. The smallest absolute Gasteiger partial charge is 0.0895 e. The van der Waals surface area contributed by atoms with Gasteiger partial charge in [-0.3, -0.25) is 9.97 Å². The Morgan fingerprint density at radius 2 is 1.71 bits per heavy atom. The van der Waals surface area contributed by atoms with E-state index in [4.69, 9.17) is 0 Å². The molecule has 0 aliphatic rings. The minimum Gasteiger partial charge on any atom is -0.265 e. The van der Waals surface area contributed by atoms with Crippen molar-refractivity contribution in [2.45, 2.75) is 6.92 Å². The molecule has 3 heterocycles. The lowest BCUT2D eigenvalue weighted by molar-refractivity contribution is 1.28. The molecular formula is C14H11N3. The summed E-state index contributed by atoms with van der Waals surface area (Å²) in [6, 6.07) is 8.01. The van der Waals surface area contributed by atoms with Gasteiger partial charge in [-0.05, 0) is 36.8 Å². The summed E-state index contributed by atoms with van der Waals surface area (Å²) in [5.41, 5.74) is 4.18. The number of hydrogen-bond donors (Lipinski definition) is 0. The van der Waals surface area contributed by atoms with E-state index in [1.54, 1.807) is 24.8 Å². The van der Waals surface area contributed by atoms with Gasteiger partial charge in [0.1, 0.15) is 0 Å². The van der Waals surface area contributed by atoms with Crippen LogP contribution in [0.1, 0.15) is 5.56 Å². The summed E-state index contributed by atoms with van der Waals surface area (Å²) >= 11 is 0. The van der Waals surface area contributed by atoms with Crippen LogP contribution in [0, 0.1) is 6.92 Å². The summed E-state index contributed by atoms with van der Waals surface area (Å²) < 4.78 is 0. The lowest BCUT2D eigenvalue weighted by Crippen LogP contribution is -1.89. The van der Waals surface area contributed by atoms with Gasteiger partial charge in [-0.15, -0.1) is 0 Å². The molecule has 0 radical (unpaired) electrons. The molecular weight excluding hydrogens is 210 g/mol. The van der Waals surface area contributed by atoms with Crippen molar-refractivity contribution < 1.29 is 0 Å². The molecule has 3 heteroatoms. The first-order chi connectivity index (χ1) is 8.34. The standard InChI is InChI=1S/C14H11N3/c1-10-8-13(11-2-5-15-6-3-11)17-14-9-16-7-4-12(10)14/h2-9H,1H3. The third-order valence-corrected chi connectivity index (χ3v) is 2.80. The van der Waals surface area contributed by atoms with E-state index in [9.17, 15) is 0 Å². The SMILES string of the molecule is Cc1cc(-c2ccncc2)nc2cnccc12. The normalized spacial score (nSPS) is 10.6. The van der Waals surface area contributed by atoms with E-state index < -0.39 is 0 Å². The van der Waals surface area contributed by atoms with Gasteiger partial charge in [0.05, 0.1) is 17.4 Å². The van der Waals surface area contributed by atoms with Crippen molar-refractivity contribution in [3.8, 4) is 11.3 Å². The van der Waals surface area contributed by atoms with Crippen LogP contribution in [0.3, 0.4) is 0 Å². The van der Waals surface area contributed by atoms with Gasteiger partial charge in [-0.1, -0.05) is 0 Å². The number of fused-ring (bicyclic) bond motifs is 1. The molecule has 0 aliphatic heterocycles. The minimum absolute atomic E-state index is 0.930. The molecule has 17 heavy (non-hydrogen) atoms. The topological polar surface area (TPSA) is 38.7 Å². The quantitative estimate of drug-likeness (QED) is 0.634. The molecule has 0 aromatic carbocycles. The fourth-order valence-electron chi connectivity index (χ4n) is 1.92. The summed E-state index contributed by atoms with van der Waals surface area (Å²) in [6.45, 7) is 2.09. The summed E-state index contributed by atoms with van der Waals surface area (Å²) in [4.78, 5) is 12.7. The lowest BCUT2D eigenvalue weighted by Gasteiger charge is -2.05. The summed E-state index contributed by atoms with van der Waals surface area (Å²) in [5.74, 6) is 0. The Kier molecular flexibility index (Phi) is 2.29. The largest absolute Gasteiger partial charge is 0.265 e. The third kappa shape index (κ3) is 1.76. The predicted molar refractivity (Wildman–Crippen MR) is 67.5 cm³/mol. The first kappa shape index (κ1) is 9.90. The molecule has 0 spiro atoms. The first-order valence-electron chi connectivity index (χ1n) is 5.46. The third-order valence-electron chi connectivity index (χ3n) is 2.80. The van der Waals surface area contributed by atoms with Gasteiger partial charge in [-0.2, -0.15) is 0 Å². The van der Waals surface area contributed by atoms with Gasteiger partial charge < -0.3 is 0 Å². The van der Waals surface area contributed by atoms with Crippen LogP contribution in [0.15, 0.2) is 49.1 Å². The molecule has 0 N–H and O–H groups in total. The van der Waals surface area contributed by atoms with Gasteiger partial charge in [0.2, 0.25) is 0 Å². The highest BCUT2D eigenvalue weighted by atomic mass is 14.7. The number of aryl methyl sites for hydroxylation is 1. The van der Waals surface area contributed by atoms with Crippen molar-refractivity contribution in [2.75, 3.05) is 0 Å². The second kappa shape index (κ2) is 3.94. The minimum atomic E-state index is 0.930. The summed E-state index contributed by atoms with van der Waals surface area (Å²) in [5, 5.41) is 1.15. The molecule has 3 nitrogen and oxygen atoms in total. The van der Waals surface area contributed by atoms with E-state index in [0.717, 1.165) is 22.2 Å². The molecule has 0 bridgehead atoms. The number of hydrogen-bond acceptors (Lipinski definition) is 3. The number of pyridine rings is 3. The molecule has 0 fully saturated rings. The second-order valence-electron chi connectivity index (χ2n) is 3.95. The Morgan fingerprint density at radius 1 is 0.941 bits per heavy atom. The highest BCUT2D eigenvalue weighted by Crippen LogP contribution is 2.22. The van der Waals surface area contributed by atoms with Gasteiger partial charge in [-0.25, -0.2) is 4.98 Å². The van der Waals surface area contributed by atoms with Gasteiger partial charge >= 0.3 is 0 Å². The van der Waals surface area contributed by atoms with Crippen molar-refractivity contribution in [3.05, 3.63) is 54.6 Å². The maximum atomic E-state index is 4.62. The molecule has 0 amide bonds. The molecule has 0 saturated heterocycles. The van der Waals surface area contributed by atoms with Crippen molar-refractivity contribution in [2.24, 2.45) is 0 Å². The zero-order chi connectivity index (χ0) is 11.7. The Morgan fingerprint density at radius 3 is 2.53 bits per heavy atom. The van der Waals surface area contributed by atoms with Crippen LogP contribution < -0.4 is 0 Å². The monoisotopic (exact) mass is 221 g/mol. The van der Waals surface area contributed by atoms with Crippen LogP contribution in [0.5, 0.6) is 0 Å². The van der Waals surface area contributed by atoms with E-state index in [0.29, 0.717) is 0 Å². The first-order valence-corrected chi connectivity index (χ1v) is 5.46. The molecule has 0 unspecified atom stereocenters. The number of nitrogens with zero attached hydrogens (tertiary/aromatic N) is 3. The Balaban J connectivity index is 2.26. The molecule has 0 saturated carbocycles. The molecule has 3 aromatic rings. The van der Waals surface area contributed by atoms with E-state index in [1.165, 1.54) is 5.56 Å². The Bertz CT molecular complexity index is 663. The number of rotatable bonds is 1. The fourth-order valence-corrected chi connectivity index (χ4v) is 1.92. The Labute approximate surface area is 99.2 Å². The maximum absolute atomic E-state index is 4.62. The second-order valence-corrected chi connectivity index (χ2v) is 3.95. The molecule has 3 aromatic heterocycles. The van der Waals surface area contributed by atoms with Crippen molar-refractivity contribution in [1.29, 1.82) is 0 Å². The van der Waals surface area contributed by atoms with Crippen LogP contribution >= 0.6 is 0 Å². The highest BCUT2D eigenvalue weighted by molar-refractivity contribution is 5.84. The summed E-state index contributed by atoms with van der Waals surface area (Å²) in [6.07, 6.45) is 7.15. The fraction of sp³-hybridized carbons (Fsp3) is 0.0714. The zero-order valence-electron chi connectivity index (χ0n) is 9.46. The average Bonchev–Trinajstić information content (AvgIpc) is 2.40. The zero-order valence-corrected chi connectivity index (χ0v) is 9.46. The van der Waals surface area contributed by atoms with Crippen LogP contribution in [0.4, 0.5) is 0 Å². The lowest BCUT2D eigenvalue weighted by atomic mass is 10.1. The van der Waals surface area contributed by atoms with Crippen LogP contribution in [0.25, 0.3) is 22.2 Å². The van der Waals surface area contributed by atoms with E-state index in [-0.39, 0.29) is 0 Å². The van der Waals surface area contributed by atoms with E-state index in [1.807, 2.05) is 18.2 Å². The van der Waals surface area contributed by atoms with Crippen LogP contribution in [-0.2, 0) is 0 Å². The van der Waals surface area contributed by atoms with Crippen molar-refractivity contribution in [3.63, 3.8) is 0 Å². The highest BCUT2D eigenvalue weighted by Gasteiger charge is 2.04.